The lowest BCUT2D eigenvalue weighted by molar-refractivity contribution is 0.102. The number of hydrogen-bond donors (Lipinski definition) is 2. The highest BCUT2D eigenvalue weighted by molar-refractivity contribution is 6.04. The van der Waals surface area contributed by atoms with Crippen LogP contribution in [-0.2, 0) is 0 Å². The fourth-order valence-electron chi connectivity index (χ4n) is 2.72. The Morgan fingerprint density at radius 2 is 1.91 bits per heavy atom. The van der Waals surface area contributed by atoms with Gasteiger partial charge >= 0.3 is 0 Å². The van der Waals surface area contributed by atoms with Gasteiger partial charge in [0.15, 0.2) is 0 Å². The molecule has 2 aromatic heterocycles. The lowest BCUT2D eigenvalue weighted by atomic mass is 10.2. The molecule has 1 aliphatic rings. The van der Waals surface area contributed by atoms with Crippen molar-refractivity contribution in [1.29, 1.82) is 0 Å². The Labute approximate surface area is 134 Å². The number of hydrogen-bond acceptors (Lipinski definition) is 4. The van der Waals surface area contributed by atoms with E-state index in [1.165, 1.54) is 44.1 Å². The molecule has 3 heterocycles. The van der Waals surface area contributed by atoms with Crippen molar-refractivity contribution in [2.24, 2.45) is 0 Å². The van der Waals surface area contributed by atoms with Crippen LogP contribution in [0.5, 0.6) is 0 Å². The largest absolute Gasteiger partial charge is 0.366 e. The van der Waals surface area contributed by atoms with Gasteiger partial charge in [-0.3, -0.25) is 9.59 Å². The minimum absolute atomic E-state index is 0.230. The molecule has 6 heteroatoms. The predicted molar refractivity (Wildman–Crippen MR) is 89.9 cm³/mol. The van der Waals surface area contributed by atoms with E-state index >= 15 is 0 Å². The maximum atomic E-state index is 12.2. The van der Waals surface area contributed by atoms with Gasteiger partial charge in [-0.25, -0.2) is 4.98 Å². The molecule has 1 aliphatic heterocycles. The van der Waals surface area contributed by atoms with Gasteiger partial charge in [-0.2, -0.15) is 0 Å². The van der Waals surface area contributed by atoms with Crippen LogP contribution in [0.3, 0.4) is 0 Å². The van der Waals surface area contributed by atoms with E-state index in [4.69, 9.17) is 0 Å². The Balaban J connectivity index is 1.70. The Hall–Kier alpha value is -2.63. The molecule has 1 fully saturated rings. The predicted octanol–water partition coefficient (Wildman–Crippen LogP) is 2.40. The summed E-state index contributed by atoms with van der Waals surface area (Å²) < 4.78 is 0. The van der Waals surface area contributed by atoms with E-state index in [1.54, 1.807) is 12.3 Å². The maximum Gasteiger partial charge on any atom is 0.257 e. The lowest BCUT2D eigenvalue weighted by Crippen LogP contribution is -2.25. The molecular formula is C17H20N4O2. The molecule has 6 nitrogen and oxygen atoms in total. The van der Waals surface area contributed by atoms with Crippen molar-refractivity contribution in [3.05, 3.63) is 52.6 Å². The number of nitrogens with zero attached hydrogens (tertiary/aromatic N) is 2. The normalized spacial score (nSPS) is 15.0. The molecule has 23 heavy (non-hydrogen) atoms. The molecule has 0 saturated carbocycles. The molecule has 0 aromatic carbocycles. The van der Waals surface area contributed by atoms with E-state index < -0.39 is 0 Å². The van der Waals surface area contributed by atoms with Gasteiger partial charge in [0.1, 0.15) is 11.5 Å². The van der Waals surface area contributed by atoms with Crippen molar-refractivity contribution >= 4 is 17.4 Å². The second-order valence-corrected chi connectivity index (χ2v) is 5.68. The van der Waals surface area contributed by atoms with Crippen LogP contribution in [-0.4, -0.2) is 29.0 Å². The molecule has 0 spiro atoms. The number of nitrogens with one attached hydrogen (secondary N) is 2. The van der Waals surface area contributed by atoms with Crippen molar-refractivity contribution in [1.82, 2.24) is 9.97 Å². The molecule has 3 rings (SSSR count). The number of amides is 1. The van der Waals surface area contributed by atoms with Crippen LogP contribution in [0.15, 0.2) is 41.6 Å². The molecule has 0 atom stereocenters. The number of H-pyrrole nitrogens is 1. The van der Waals surface area contributed by atoms with E-state index in [9.17, 15) is 9.59 Å². The number of carbonyl (C=O) groups excluding carboxylic acids is 1. The van der Waals surface area contributed by atoms with Crippen LogP contribution in [0, 0.1) is 0 Å². The van der Waals surface area contributed by atoms with Gasteiger partial charge in [-0.05, 0) is 25.0 Å². The van der Waals surface area contributed by atoms with Crippen molar-refractivity contribution in [2.75, 3.05) is 23.3 Å². The standard InChI is InChI=1S/C17H20N4O2/c22-15-7-8-18-12-14(15)20-17(23)13-5-6-16(19-11-13)21-9-3-1-2-4-10-21/h5-8,11-12H,1-4,9-10H2,(H,18,22)(H,20,23). The Kier molecular flexibility index (Phi) is 4.71. The first-order chi connectivity index (χ1) is 11.2. The molecule has 0 aliphatic carbocycles. The first-order valence-electron chi connectivity index (χ1n) is 7.93. The van der Waals surface area contributed by atoms with Crippen LogP contribution in [0.4, 0.5) is 11.5 Å². The third kappa shape index (κ3) is 3.77. The monoisotopic (exact) mass is 312 g/mol. The van der Waals surface area contributed by atoms with Crippen molar-refractivity contribution in [2.45, 2.75) is 25.7 Å². The third-order valence-corrected chi connectivity index (χ3v) is 4.01. The van der Waals surface area contributed by atoms with Crippen molar-refractivity contribution < 1.29 is 4.79 Å². The quantitative estimate of drug-likeness (QED) is 0.912. The average Bonchev–Trinajstić information content (AvgIpc) is 2.86. The molecule has 1 amide bonds. The molecule has 120 valence electrons. The second-order valence-electron chi connectivity index (χ2n) is 5.68. The van der Waals surface area contributed by atoms with Gasteiger partial charge in [0.25, 0.3) is 5.91 Å². The first-order valence-corrected chi connectivity index (χ1v) is 7.93. The molecule has 0 bridgehead atoms. The van der Waals surface area contributed by atoms with Crippen molar-refractivity contribution in [3.8, 4) is 0 Å². The number of aromatic amines is 1. The summed E-state index contributed by atoms with van der Waals surface area (Å²) >= 11 is 0. The number of carbonyl (C=O) groups is 1. The summed E-state index contributed by atoms with van der Waals surface area (Å²) in [7, 11) is 0. The SMILES string of the molecule is O=C(Nc1c[nH]ccc1=O)c1ccc(N2CCCCCC2)nc1. The summed E-state index contributed by atoms with van der Waals surface area (Å²) in [4.78, 5) is 33.3. The summed E-state index contributed by atoms with van der Waals surface area (Å²) in [6.07, 6.45) is 9.45. The zero-order chi connectivity index (χ0) is 16.1. The number of rotatable bonds is 3. The van der Waals surface area contributed by atoms with Gasteiger partial charge in [0.05, 0.1) is 5.56 Å². The average molecular weight is 312 g/mol. The molecule has 2 aromatic rings. The maximum absolute atomic E-state index is 12.2. The molecule has 1 saturated heterocycles. The van der Waals surface area contributed by atoms with Gasteiger partial charge in [-0.15, -0.1) is 0 Å². The summed E-state index contributed by atoms with van der Waals surface area (Å²) in [6, 6.07) is 4.99. The van der Waals surface area contributed by atoms with Crippen LogP contribution < -0.4 is 15.6 Å². The van der Waals surface area contributed by atoms with Gasteiger partial charge in [-0.1, -0.05) is 12.8 Å². The lowest BCUT2D eigenvalue weighted by Gasteiger charge is -2.21. The fourth-order valence-corrected chi connectivity index (χ4v) is 2.72. The summed E-state index contributed by atoms with van der Waals surface area (Å²) in [5.41, 5.74) is 0.437. The van der Waals surface area contributed by atoms with E-state index in [-0.39, 0.29) is 17.0 Å². The van der Waals surface area contributed by atoms with E-state index in [0.29, 0.717) is 5.56 Å². The summed E-state index contributed by atoms with van der Waals surface area (Å²) in [5, 5.41) is 2.60. The third-order valence-electron chi connectivity index (χ3n) is 4.01. The van der Waals surface area contributed by atoms with Crippen LogP contribution in [0.2, 0.25) is 0 Å². The molecule has 0 unspecified atom stereocenters. The summed E-state index contributed by atoms with van der Waals surface area (Å²) in [5.74, 6) is 0.567. The van der Waals surface area contributed by atoms with Crippen LogP contribution in [0.1, 0.15) is 36.0 Å². The smallest absolute Gasteiger partial charge is 0.257 e. The fraction of sp³-hybridized carbons (Fsp3) is 0.353. The highest BCUT2D eigenvalue weighted by atomic mass is 16.2. The van der Waals surface area contributed by atoms with Gasteiger partial charge < -0.3 is 15.2 Å². The number of pyridine rings is 2. The van der Waals surface area contributed by atoms with Crippen molar-refractivity contribution in [3.63, 3.8) is 0 Å². The van der Waals surface area contributed by atoms with Gasteiger partial charge in [0, 0.05) is 37.7 Å². The zero-order valence-corrected chi connectivity index (χ0v) is 12.9. The molecule has 0 radical (unpaired) electrons. The Morgan fingerprint density at radius 1 is 1.13 bits per heavy atom. The summed E-state index contributed by atoms with van der Waals surface area (Å²) in [6.45, 7) is 2.02. The van der Waals surface area contributed by atoms with Gasteiger partial charge in [0.2, 0.25) is 5.43 Å². The minimum Gasteiger partial charge on any atom is -0.366 e. The molecular weight excluding hydrogens is 292 g/mol. The highest BCUT2D eigenvalue weighted by Gasteiger charge is 2.13. The first kappa shape index (κ1) is 15.3. The Bertz CT molecular complexity index is 716. The van der Waals surface area contributed by atoms with E-state index in [1.807, 2.05) is 6.07 Å². The van der Waals surface area contributed by atoms with E-state index in [2.05, 4.69) is 20.2 Å². The topological polar surface area (TPSA) is 78.1 Å². The van der Waals surface area contributed by atoms with E-state index in [0.717, 1.165) is 18.9 Å². The zero-order valence-electron chi connectivity index (χ0n) is 12.9. The van der Waals surface area contributed by atoms with Crippen LogP contribution in [0.25, 0.3) is 0 Å². The minimum atomic E-state index is -0.336. The van der Waals surface area contributed by atoms with Crippen LogP contribution >= 0.6 is 0 Å². The number of aromatic nitrogens is 2. The Morgan fingerprint density at radius 3 is 2.57 bits per heavy atom. The highest BCUT2D eigenvalue weighted by Crippen LogP contribution is 2.17. The number of anilines is 2. The second kappa shape index (κ2) is 7.09. The molecule has 2 N–H and O–H groups in total.